The van der Waals surface area contributed by atoms with Crippen LogP contribution in [0.2, 0.25) is 0 Å². The number of rotatable bonds is 14. The SMILES string of the molecule is CC(C)N(c1ccc2cc(OCC(O/N=C(\C(=O)NC3C(=O)N(OS(=O)(=O)O)C3(C)C)c3csc(N)n3)c3nn[nH]n3)ccc2n1)C1CNC1. The van der Waals surface area contributed by atoms with E-state index in [0.717, 1.165) is 41.1 Å². The third-order valence-corrected chi connectivity index (χ3v) is 9.05. The van der Waals surface area contributed by atoms with Crippen LogP contribution in [0.25, 0.3) is 10.9 Å². The average Bonchev–Trinajstić information content (AvgIpc) is 3.73. The summed E-state index contributed by atoms with van der Waals surface area (Å²) in [6.07, 6.45) is -1.08. The van der Waals surface area contributed by atoms with Gasteiger partial charge in [-0.15, -0.1) is 25.8 Å². The van der Waals surface area contributed by atoms with Crippen LogP contribution in [-0.4, -0.2) is 110 Å². The summed E-state index contributed by atoms with van der Waals surface area (Å²) in [4.78, 5) is 43.1. The van der Waals surface area contributed by atoms with Crippen LogP contribution < -0.4 is 26.0 Å². The molecule has 0 aliphatic carbocycles. The Hall–Kier alpha value is -5.03. The van der Waals surface area contributed by atoms with Crippen LogP contribution >= 0.6 is 11.3 Å². The second kappa shape index (κ2) is 13.7. The molecule has 22 heteroatoms. The monoisotopic (exact) mass is 730 g/mol. The first-order valence-corrected chi connectivity index (χ1v) is 17.5. The van der Waals surface area contributed by atoms with Gasteiger partial charge in [0.1, 0.15) is 29.9 Å². The summed E-state index contributed by atoms with van der Waals surface area (Å²) in [7, 11) is -4.99. The molecule has 2 unspecified atom stereocenters. The first-order valence-electron chi connectivity index (χ1n) is 15.2. The van der Waals surface area contributed by atoms with Crippen molar-refractivity contribution in [3.8, 4) is 5.75 Å². The van der Waals surface area contributed by atoms with Gasteiger partial charge in [0.2, 0.25) is 11.9 Å². The number of nitrogens with two attached hydrogens (primary N) is 1. The zero-order chi connectivity index (χ0) is 35.8. The van der Waals surface area contributed by atoms with Crippen LogP contribution in [0.1, 0.15) is 45.3 Å². The maximum absolute atomic E-state index is 13.5. The highest BCUT2D eigenvalue weighted by Crippen LogP contribution is 2.33. The van der Waals surface area contributed by atoms with Crippen LogP contribution in [-0.2, 0) is 29.1 Å². The minimum Gasteiger partial charge on any atom is -0.489 e. The van der Waals surface area contributed by atoms with Crippen molar-refractivity contribution in [3.63, 3.8) is 0 Å². The molecule has 2 aliphatic heterocycles. The van der Waals surface area contributed by atoms with Gasteiger partial charge in [0.05, 0.1) is 17.1 Å². The number of amides is 2. The van der Waals surface area contributed by atoms with Crippen molar-refractivity contribution in [1.29, 1.82) is 0 Å². The molecule has 2 aliphatic rings. The van der Waals surface area contributed by atoms with Crippen molar-refractivity contribution in [3.05, 3.63) is 47.2 Å². The Balaban J connectivity index is 1.19. The molecule has 5 heterocycles. The second-order valence-corrected chi connectivity index (χ2v) is 14.1. The first-order chi connectivity index (χ1) is 23.7. The number of tetrazole rings is 1. The van der Waals surface area contributed by atoms with E-state index in [9.17, 15) is 18.0 Å². The number of hydroxylamine groups is 2. The molecule has 0 bridgehead atoms. The van der Waals surface area contributed by atoms with Crippen LogP contribution in [0.4, 0.5) is 10.9 Å². The van der Waals surface area contributed by atoms with Crippen LogP contribution in [0.5, 0.6) is 5.75 Å². The quantitative estimate of drug-likeness (QED) is 0.0507. The average molecular weight is 731 g/mol. The van der Waals surface area contributed by atoms with Crippen molar-refractivity contribution in [2.45, 2.75) is 57.5 Å². The number of H-pyrrole nitrogens is 1. The number of oxime groups is 1. The first kappa shape index (κ1) is 34.8. The Morgan fingerprint density at radius 1 is 1.26 bits per heavy atom. The number of carbonyl (C=O) groups excluding carboxylic acids is 2. The number of aromatic amines is 1. The molecule has 266 valence electrons. The van der Waals surface area contributed by atoms with Gasteiger partial charge in [0, 0.05) is 29.9 Å². The molecule has 2 amide bonds. The molecule has 6 rings (SSSR count). The van der Waals surface area contributed by atoms with Gasteiger partial charge in [0.25, 0.3) is 11.8 Å². The number of carbonyl (C=O) groups is 2. The fourth-order valence-electron chi connectivity index (χ4n) is 5.44. The number of nitrogens with one attached hydrogen (secondary N) is 3. The Morgan fingerprint density at radius 2 is 2.04 bits per heavy atom. The van der Waals surface area contributed by atoms with E-state index in [-0.39, 0.29) is 35.0 Å². The van der Waals surface area contributed by atoms with Crippen molar-refractivity contribution >= 4 is 61.1 Å². The smallest absolute Gasteiger partial charge is 0.418 e. The van der Waals surface area contributed by atoms with Gasteiger partial charge in [-0.2, -0.15) is 18.7 Å². The van der Waals surface area contributed by atoms with E-state index in [1.807, 2.05) is 24.3 Å². The molecular formula is C28H34N12O8S2. The number of thiazole rings is 1. The van der Waals surface area contributed by atoms with Crippen LogP contribution in [0, 0.1) is 0 Å². The fraction of sp³-hybridized carbons (Fsp3) is 0.429. The molecule has 0 saturated carbocycles. The lowest BCUT2D eigenvalue weighted by molar-refractivity contribution is -0.218. The number of aromatic nitrogens is 6. The summed E-state index contributed by atoms with van der Waals surface area (Å²) in [5.41, 5.74) is 4.87. The van der Waals surface area contributed by atoms with Gasteiger partial charge >= 0.3 is 10.4 Å². The molecule has 4 aromatic rings. The van der Waals surface area contributed by atoms with E-state index in [1.54, 1.807) is 6.07 Å². The Bertz CT molecular complexity index is 2020. The molecule has 3 aromatic heterocycles. The number of nitrogens with zero attached hydrogens (tertiary/aromatic N) is 8. The number of hydrogen-bond acceptors (Lipinski definition) is 17. The van der Waals surface area contributed by atoms with E-state index in [0.29, 0.717) is 16.9 Å². The maximum Gasteiger partial charge on any atom is 0.418 e. The molecule has 1 aromatic carbocycles. The molecule has 2 saturated heterocycles. The number of benzene rings is 1. The molecule has 2 atom stereocenters. The Kier molecular flexibility index (Phi) is 9.54. The van der Waals surface area contributed by atoms with Crippen molar-refractivity contribution < 1.29 is 36.4 Å². The van der Waals surface area contributed by atoms with Crippen LogP contribution in [0.3, 0.4) is 0 Å². The normalized spacial score (nSPS) is 18.4. The number of anilines is 2. The predicted molar refractivity (Wildman–Crippen MR) is 178 cm³/mol. The zero-order valence-electron chi connectivity index (χ0n) is 27.2. The summed E-state index contributed by atoms with van der Waals surface area (Å²) in [5, 5.41) is 26.6. The largest absolute Gasteiger partial charge is 0.489 e. The second-order valence-electron chi connectivity index (χ2n) is 12.2. The van der Waals surface area contributed by atoms with E-state index in [4.69, 9.17) is 24.8 Å². The van der Waals surface area contributed by atoms with Crippen molar-refractivity contribution in [2.24, 2.45) is 5.16 Å². The maximum atomic E-state index is 13.5. The molecule has 6 N–H and O–H groups in total. The van der Waals surface area contributed by atoms with Crippen LogP contribution in [0.15, 0.2) is 40.9 Å². The number of hydrogen-bond donors (Lipinski definition) is 5. The minimum absolute atomic E-state index is 0.0272. The van der Waals surface area contributed by atoms with Crippen molar-refractivity contribution in [1.82, 2.24) is 46.3 Å². The number of pyridine rings is 1. The van der Waals surface area contributed by atoms with Gasteiger partial charge in [0.15, 0.2) is 10.8 Å². The lowest BCUT2D eigenvalue weighted by atomic mass is 9.84. The number of fused-ring (bicyclic) bond motifs is 1. The van der Waals surface area contributed by atoms with E-state index < -0.39 is 39.9 Å². The Labute approximate surface area is 289 Å². The number of β-lactam (4-membered cyclic amide) rings is 1. The van der Waals surface area contributed by atoms with E-state index in [2.05, 4.69) is 64.4 Å². The highest BCUT2D eigenvalue weighted by molar-refractivity contribution is 7.80. The lowest BCUT2D eigenvalue weighted by Gasteiger charge is -2.50. The van der Waals surface area contributed by atoms with E-state index >= 15 is 0 Å². The minimum atomic E-state index is -4.99. The highest BCUT2D eigenvalue weighted by atomic mass is 32.3. The third-order valence-electron chi connectivity index (χ3n) is 8.04. The van der Waals surface area contributed by atoms with Gasteiger partial charge in [-0.3, -0.25) is 14.1 Å². The summed E-state index contributed by atoms with van der Waals surface area (Å²) >= 11 is 1.03. The standard InChI is InChI=1S/C28H34N12O8S2/c1-14(2)39(16-10-30-11-16)21-8-5-15-9-17(6-7-18(15)31-21)46-12-20(24-34-37-38-35-24)47-36-22(19-13-49-27(29)32-19)25(41)33-23-26(42)40(28(23,3)4)48-50(43,44)45/h5-9,13-14,16,20,23,30H,10-12H2,1-4H3,(H2,29,32)(H,33,41)(H,43,44,45)(H,34,35,37,38)/b36-22-. The summed E-state index contributed by atoms with van der Waals surface area (Å²) in [6, 6.07) is 8.82. The lowest BCUT2D eigenvalue weighted by Crippen LogP contribution is -2.76. The zero-order valence-corrected chi connectivity index (χ0v) is 28.8. The van der Waals surface area contributed by atoms with Crippen molar-refractivity contribution in [2.75, 3.05) is 30.3 Å². The molecule has 2 fully saturated rings. The summed E-state index contributed by atoms with van der Waals surface area (Å²) < 4.78 is 41.8. The van der Waals surface area contributed by atoms with Gasteiger partial charge < -0.3 is 30.8 Å². The molecule has 20 nitrogen and oxygen atoms in total. The number of nitrogen functional groups attached to an aromatic ring is 1. The van der Waals surface area contributed by atoms with Gasteiger partial charge in [-0.05, 0) is 58.0 Å². The number of ether oxygens (including phenoxy) is 1. The fourth-order valence-corrected chi connectivity index (χ4v) is 6.44. The topological polar surface area (TPSA) is 265 Å². The molecular weight excluding hydrogens is 697 g/mol. The molecule has 50 heavy (non-hydrogen) atoms. The van der Waals surface area contributed by atoms with E-state index in [1.165, 1.54) is 19.2 Å². The summed E-state index contributed by atoms with van der Waals surface area (Å²) in [5.74, 6) is -0.402. The molecule has 0 spiro atoms. The Morgan fingerprint density at radius 3 is 2.64 bits per heavy atom. The van der Waals surface area contributed by atoms with Gasteiger partial charge in [-0.1, -0.05) is 10.4 Å². The van der Waals surface area contributed by atoms with Gasteiger partial charge in [-0.25, -0.2) is 9.97 Å². The third kappa shape index (κ3) is 7.28. The predicted octanol–water partition coefficient (Wildman–Crippen LogP) is 0.354. The summed E-state index contributed by atoms with van der Waals surface area (Å²) in [6.45, 7) is 8.77. The highest BCUT2D eigenvalue weighted by Gasteiger charge is 2.58. The molecule has 0 radical (unpaired) electrons.